The van der Waals surface area contributed by atoms with Crippen LogP contribution in [0.15, 0.2) is 48.5 Å². The van der Waals surface area contributed by atoms with Crippen molar-refractivity contribution >= 4 is 22.7 Å². The molecule has 0 saturated carbocycles. The smallest absolute Gasteiger partial charge is 0.290 e. The molecule has 0 aliphatic rings. The van der Waals surface area contributed by atoms with E-state index in [0.717, 1.165) is 0 Å². The molecule has 25 heavy (non-hydrogen) atoms. The Hall–Kier alpha value is -3.42. The number of ether oxygens (including phenoxy) is 1. The number of carbonyl (C=O) groups excluding carboxylic acids is 2. The number of aromatic nitrogens is 2. The summed E-state index contributed by atoms with van der Waals surface area (Å²) in [5.74, 6) is -1.83. The van der Waals surface area contributed by atoms with Gasteiger partial charge in [-0.25, -0.2) is 4.39 Å². The fourth-order valence-corrected chi connectivity index (χ4v) is 2.20. The van der Waals surface area contributed by atoms with Crippen LogP contribution in [-0.2, 0) is 4.79 Å². The lowest BCUT2D eigenvalue weighted by Gasteiger charge is -2.15. The van der Waals surface area contributed by atoms with Crippen molar-refractivity contribution in [3.05, 3.63) is 60.0 Å². The zero-order valence-corrected chi connectivity index (χ0v) is 13.2. The van der Waals surface area contributed by atoms with Gasteiger partial charge in [-0.1, -0.05) is 30.3 Å². The summed E-state index contributed by atoms with van der Waals surface area (Å²) in [6, 6.07) is 12.8. The van der Waals surface area contributed by atoms with E-state index in [0.29, 0.717) is 10.9 Å². The van der Waals surface area contributed by atoms with Gasteiger partial charge in [0, 0.05) is 5.39 Å². The van der Waals surface area contributed by atoms with Gasteiger partial charge in [0.2, 0.25) is 0 Å². The van der Waals surface area contributed by atoms with E-state index >= 15 is 0 Å². The number of fused-ring (bicyclic) bond motifs is 1. The van der Waals surface area contributed by atoms with E-state index in [1.807, 2.05) is 6.07 Å². The summed E-state index contributed by atoms with van der Waals surface area (Å²) in [4.78, 5) is 24.1. The highest BCUT2D eigenvalue weighted by molar-refractivity contribution is 6.05. The largest absolute Gasteiger partial charge is 0.478 e. The first-order valence-electron chi connectivity index (χ1n) is 7.50. The van der Waals surface area contributed by atoms with Crippen LogP contribution in [0.2, 0.25) is 0 Å². The van der Waals surface area contributed by atoms with Gasteiger partial charge in [0.05, 0.1) is 5.52 Å². The lowest BCUT2D eigenvalue weighted by atomic mass is 10.2. The van der Waals surface area contributed by atoms with Crippen molar-refractivity contribution in [1.29, 1.82) is 0 Å². The maximum atomic E-state index is 13.5. The minimum Gasteiger partial charge on any atom is -0.478 e. The molecule has 0 unspecified atom stereocenters. The van der Waals surface area contributed by atoms with Gasteiger partial charge in [0.1, 0.15) is 0 Å². The second kappa shape index (κ2) is 7.00. The molecule has 7 nitrogen and oxygen atoms in total. The van der Waals surface area contributed by atoms with E-state index in [-0.39, 0.29) is 11.4 Å². The average Bonchev–Trinajstić information content (AvgIpc) is 3.05. The molecule has 3 aromatic rings. The van der Waals surface area contributed by atoms with Gasteiger partial charge in [-0.3, -0.25) is 25.5 Å². The Labute approximate surface area is 142 Å². The lowest BCUT2D eigenvalue weighted by Crippen LogP contribution is -2.47. The van der Waals surface area contributed by atoms with Gasteiger partial charge >= 0.3 is 0 Å². The number of aromatic amines is 1. The average molecular weight is 342 g/mol. The Kier molecular flexibility index (Phi) is 4.60. The molecule has 0 aliphatic heterocycles. The van der Waals surface area contributed by atoms with Gasteiger partial charge in [-0.2, -0.15) is 5.10 Å². The maximum Gasteiger partial charge on any atom is 0.290 e. The fraction of sp³-hybridized carbons (Fsp3) is 0.118. The molecule has 1 aromatic heterocycles. The Bertz CT molecular complexity index is 925. The molecule has 3 rings (SSSR count). The van der Waals surface area contributed by atoms with E-state index in [1.54, 1.807) is 24.3 Å². The van der Waals surface area contributed by atoms with Crippen molar-refractivity contribution in [1.82, 2.24) is 21.0 Å². The predicted molar refractivity (Wildman–Crippen MR) is 88.2 cm³/mol. The van der Waals surface area contributed by atoms with Crippen LogP contribution in [-0.4, -0.2) is 28.1 Å². The fourth-order valence-electron chi connectivity index (χ4n) is 2.20. The molecule has 0 aliphatic carbocycles. The molecule has 0 fully saturated rings. The third-order valence-corrected chi connectivity index (χ3v) is 3.49. The van der Waals surface area contributed by atoms with Crippen molar-refractivity contribution < 1.29 is 18.7 Å². The zero-order valence-electron chi connectivity index (χ0n) is 13.2. The van der Waals surface area contributed by atoms with Gasteiger partial charge in [-0.05, 0) is 25.1 Å². The molecule has 1 atom stereocenters. The summed E-state index contributed by atoms with van der Waals surface area (Å²) in [7, 11) is 0. The molecule has 1 heterocycles. The van der Waals surface area contributed by atoms with E-state index in [1.165, 1.54) is 25.1 Å². The van der Waals surface area contributed by atoms with Gasteiger partial charge in [0.25, 0.3) is 11.8 Å². The van der Waals surface area contributed by atoms with E-state index in [9.17, 15) is 14.0 Å². The standard InChI is InChI=1S/C17H15FN4O3/c1-10(25-14-9-5-3-7-12(14)18)16(23)21-22-17(24)15-11-6-2-4-8-13(11)19-20-15/h2-10H,1H3,(H,19,20)(H,21,23)(H,22,24)/t10-/m0/s1. The number of rotatable bonds is 4. The normalized spacial score (nSPS) is 11.8. The second-order valence-electron chi connectivity index (χ2n) is 5.25. The number of hydrazine groups is 1. The number of halogens is 1. The molecule has 2 aromatic carbocycles. The number of hydrogen-bond acceptors (Lipinski definition) is 4. The molecule has 2 amide bonds. The van der Waals surface area contributed by atoms with E-state index in [2.05, 4.69) is 21.0 Å². The van der Waals surface area contributed by atoms with Crippen molar-refractivity contribution in [3.8, 4) is 5.75 Å². The van der Waals surface area contributed by atoms with Crippen LogP contribution in [0.3, 0.4) is 0 Å². The summed E-state index contributed by atoms with van der Waals surface area (Å²) in [5.41, 5.74) is 5.35. The van der Waals surface area contributed by atoms with E-state index < -0.39 is 23.7 Å². The minimum absolute atomic E-state index is 0.0465. The Balaban J connectivity index is 1.60. The molecule has 0 radical (unpaired) electrons. The quantitative estimate of drug-likeness (QED) is 0.631. The summed E-state index contributed by atoms with van der Waals surface area (Å²) in [6.45, 7) is 1.44. The van der Waals surface area contributed by atoms with Gasteiger partial charge in [0.15, 0.2) is 23.4 Å². The highest BCUT2D eigenvalue weighted by atomic mass is 19.1. The number of para-hydroxylation sites is 2. The minimum atomic E-state index is -1.01. The second-order valence-corrected chi connectivity index (χ2v) is 5.25. The molecular weight excluding hydrogens is 327 g/mol. The molecule has 128 valence electrons. The number of carbonyl (C=O) groups is 2. The summed E-state index contributed by atoms with van der Waals surface area (Å²) in [6.07, 6.45) is -1.01. The number of nitrogens with one attached hydrogen (secondary N) is 3. The summed E-state index contributed by atoms with van der Waals surface area (Å²) < 4.78 is 18.8. The molecule has 0 bridgehead atoms. The Morgan fingerprint density at radius 3 is 2.64 bits per heavy atom. The molecule has 8 heteroatoms. The van der Waals surface area contributed by atoms with Crippen LogP contribution in [0.1, 0.15) is 17.4 Å². The van der Waals surface area contributed by atoms with Crippen LogP contribution in [0.4, 0.5) is 4.39 Å². The van der Waals surface area contributed by atoms with Crippen molar-refractivity contribution in [3.63, 3.8) is 0 Å². The maximum absolute atomic E-state index is 13.5. The van der Waals surface area contributed by atoms with E-state index in [4.69, 9.17) is 4.74 Å². The van der Waals surface area contributed by atoms with Crippen LogP contribution >= 0.6 is 0 Å². The van der Waals surface area contributed by atoms with Crippen molar-refractivity contribution in [2.24, 2.45) is 0 Å². The first-order chi connectivity index (χ1) is 12.1. The van der Waals surface area contributed by atoms with Crippen LogP contribution < -0.4 is 15.6 Å². The molecule has 0 spiro atoms. The SMILES string of the molecule is C[C@H](Oc1ccccc1F)C(=O)NNC(=O)c1n[nH]c2ccccc12. The highest BCUT2D eigenvalue weighted by Crippen LogP contribution is 2.17. The third kappa shape index (κ3) is 3.57. The molecular formula is C17H15FN4O3. The van der Waals surface area contributed by atoms with Gasteiger partial charge < -0.3 is 4.74 Å². The number of amides is 2. The Morgan fingerprint density at radius 2 is 1.84 bits per heavy atom. The van der Waals surface area contributed by atoms with Crippen LogP contribution in [0.5, 0.6) is 5.75 Å². The van der Waals surface area contributed by atoms with Crippen LogP contribution in [0, 0.1) is 5.82 Å². The Morgan fingerprint density at radius 1 is 1.12 bits per heavy atom. The number of benzene rings is 2. The number of hydrogen-bond donors (Lipinski definition) is 3. The molecule has 0 saturated heterocycles. The van der Waals surface area contributed by atoms with Crippen LogP contribution in [0.25, 0.3) is 10.9 Å². The zero-order chi connectivity index (χ0) is 17.8. The summed E-state index contributed by atoms with van der Waals surface area (Å²) in [5, 5.41) is 7.29. The lowest BCUT2D eigenvalue weighted by molar-refractivity contribution is -0.128. The predicted octanol–water partition coefficient (Wildman–Crippen LogP) is 1.93. The third-order valence-electron chi connectivity index (χ3n) is 3.49. The van der Waals surface area contributed by atoms with Crippen molar-refractivity contribution in [2.75, 3.05) is 0 Å². The topological polar surface area (TPSA) is 96.1 Å². The summed E-state index contributed by atoms with van der Waals surface area (Å²) >= 11 is 0. The van der Waals surface area contributed by atoms with Gasteiger partial charge in [-0.15, -0.1) is 0 Å². The highest BCUT2D eigenvalue weighted by Gasteiger charge is 2.19. The first kappa shape index (κ1) is 16.4. The van der Waals surface area contributed by atoms with Crippen molar-refractivity contribution in [2.45, 2.75) is 13.0 Å². The first-order valence-corrected chi connectivity index (χ1v) is 7.50. The monoisotopic (exact) mass is 342 g/mol. The number of nitrogens with zero attached hydrogens (tertiary/aromatic N) is 1. The number of H-pyrrole nitrogens is 1. The molecule has 3 N–H and O–H groups in total.